The Labute approximate surface area is 155 Å². The zero-order valence-electron chi connectivity index (χ0n) is 14.3. The molecule has 1 atom stereocenters. The number of carbonyl (C=O) groups excluding carboxylic acids is 2. The van der Waals surface area contributed by atoms with E-state index in [4.69, 9.17) is 4.74 Å². The van der Waals surface area contributed by atoms with Crippen LogP contribution in [0.25, 0.3) is 0 Å². The van der Waals surface area contributed by atoms with Crippen molar-refractivity contribution in [2.24, 2.45) is 0 Å². The second-order valence-electron chi connectivity index (χ2n) is 5.80. The molecule has 3 rings (SSSR count). The second-order valence-corrected chi connectivity index (χ2v) is 6.85. The Bertz CT molecular complexity index is 815. The van der Waals surface area contributed by atoms with Crippen molar-refractivity contribution >= 4 is 23.6 Å². The van der Waals surface area contributed by atoms with Crippen molar-refractivity contribution in [3.63, 3.8) is 0 Å². The average molecular weight is 374 g/mol. The van der Waals surface area contributed by atoms with Gasteiger partial charge in [-0.3, -0.25) is 9.59 Å². The normalized spacial score (nSPS) is 16.9. The van der Waals surface area contributed by atoms with Gasteiger partial charge in [-0.15, -0.1) is 11.8 Å². The van der Waals surface area contributed by atoms with Crippen molar-refractivity contribution in [2.75, 3.05) is 26.0 Å². The van der Waals surface area contributed by atoms with E-state index >= 15 is 0 Å². The van der Waals surface area contributed by atoms with Gasteiger partial charge in [0.1, 0.15) is 17.6 Å². The fraction of sp³-hybridized carbons (Fsp3) is 0.263. The highest BCUT2D eigenvalue weighted by atomic mass is 32.2. The summed E-state index contributed by atoms with van der Waals surface area (Å²) in [5.41, 5.74) is 0.474. The van der Waals surface area contributed by atoms with E-state index in [9.17, 15) is 14.0 Å². The van der Waals surface area contributed by atoms with Gasteiger partial charge in [-0.1, -0.05) is 18.2 Å². The summed E-state index contributed by atoms with van der Waals surface area (Å²) in [6.45, 7) is 0.782. The highest BCUT2D eigenvalue weighted by Crippen LogP contribution is 2.27. The van der Waals surface area contributed by atoms with Crippen LogP contribution >= 0.6 is 11.8 Å². The van der Waals surface area contributed by atoms with Crippen LogP contribution in [0.3, 0.4) is 0 Å². The summed E-state index contributed by atoms with van der Waals surface area (Å²) < 4.78 is 18.7. The molecule has 136 valence electrons. The largest absolute Gasteiger partial charge is 0.497 e. The number of rotatable bonds is 5. The lowest BCUT2D eigenvalue weighted by Gasteiger charge is -2.35. The van der Waals surface area contributed by atoms with E-state index in [1.165, 1.54) is 28.8 Å². The Hall–Kier alpha value is -2.54. The Morgan fingerprint density at radius 1 is 1.31 bits per heavy atom. The molecular weight excluding hydrogens is 355 g/mol. The molecule has 1 aliphatic heterocycles. The molecule has 7 heteroatoms. The zero-order valence-corrected chi connectivity index (χ0v) is 15.1. The van der Waals surface area contributed by atoms with Crippen LogP contribution in [-0.2, 0) is 9.59 Å². The standard InChI is InChI=1S/C19H19FN2O3S/c1-25-15-6-3-7-16(11-15)26-12-17(23)22-9-8-21-19(24)18(22)13-4-2-5-14(20)10-13/h2-7,10-11,18H,8-9,12H2,1H3,(H,21,24). The van der Waals surface area contributed by atoms with E-state index < -0.39 is 11.9 Å². The van der Waals surface area contributed by atoms with Crippen LogP contribution in [0.4, 0.5) is 4.39 Å². The Morgan fingerprint density at radius 3 is 2.88 bits per heavy atom. The third kappa shape index (κ3) is 4.16. The lowest BCUT2D eigenvalue weighted by Crippen LogP contribution is -2.52. The van der Waals surface area contributed by atoms with Gasteiger partial charge in [0.05, 0.1) is 12.9 Å². The molecule has 0 spiro atoms. The van der Waals surface area contributed by atoms with Gasteiger partial charge in [0.15, 0.2) is 0 Å². The monoisotopic (exact) mass is 374 g/mol. The summed E-state index contributed by atoms with van der Waals surface area (Å²) in [5, 5.41) is 2.75. The van der Waals surface area contributed by atoms with Gasteiger partial charge in [0.25, 0.3) is 0 Å². The number of ether oxygens (including phenoxy) is 1. The van der Waals surface area contributed by atoms with Gasteiger partial charge < -0.3 is 15.0 Å². The molecule has 1 heterocycles. The van der Waals surface area contributed by atoms with Crippen molar-refractivity contribution in [3.8, 4) is 5.75 Å². The number of nitrogens with one attached hydrogen (secondary N) is 1. The molecule has 1 saturated heterocycles. The molecule has 1 fully saturated rings. The van der Waals surface area contributed by atoms with Gasteiger partial charge in [-0.25, -0.2) is 4.39 Å². The number of carbonyl (C=O) groups is 2. The number of methoxy groups -OCH3 is 1. The second kappa shape index (κ2) is 8.23. The molecule has 1 unspecified atom stereocenters. The summed E-state index contributed by atoms with van der Waals surface area (Å²) in [6, 6.07) is 12.4. The van der Waals surface area contributed by atoms with Crippen LogP contribution in [0, 0.1) is 5.82 Å². The molecule has 5 nitrogen and oxygen atoms in total. The summed E-state index contributed by atoms with van der Waals surface area (Å²) in [7, 11) is 1.59. The maximum atomic E-state index is 13.6. The van der Waals surface area contributed by atoms with Gasteiger partial charge >= 0.3 is 0 Å². The van der Waals surface area contributed by atoms with Gasteiger partial charge in [-0.2, -0.15) is 0 Å². The molecule has 0 saturated carbocycles. The highest BCUT2D eigenvalue weighted by molar-refractivity contribution is 8.00. The molecule has 0 aliphatic carbocycles. The number of nitrogens with zero attached hydrogens (tertiary/aromatic N) is 1. The third-order valence-electron chi connectivity index (χ3n) is 4.10. The first-order chi connectivity index (χ1) is 12.6. The van der Waals surface area contributed by atoms with Crippen molar-refractivity contribution < 1.29 is 18.7 Å². The summed E-state index contributed by atoms with van der Waals surface area (Å²) in [4.78, 5) is 27.5. The molecule has 0 aromatic heterocycles. The van der Waals surface area contributed by atoms with Crippen LogP contribution in [0.15, 0.2) is 53.4 Å². The van der Waals surface area contributed by atoms with E-state index in [1.54, 1.807) is 19.2 Å². The van der Waals surface area contributed by atoms with Gasteiger partial charge in [0, 0.05) is 18.0 Å². The number of benzene rings is 2. The number of halogens is 1. The molecule has 26 heavy (non-hydrogen) atoms. The number of hydrogen-bond acceptors (Lipinski definition) is 4. The molecular formula is C19H19FN2O3S. The Balaban J connectivity index is 1.74. The first-order valence-corrected chi connectivity index (χ1v) is 9.16. The Morgan fingerprint density at radius 2 is 2.12 bits per heavy atom. The first-order valence-electron chi connectivity index (χ1n) is 8.18. The van der Waals surface area contributed by atoms with Crippen molar-refractivity contribution in [3.05, 3.63) is 59.9 Å². The van der Waals surface area contributed by atoms with E-state index in [0.717, 1.165) is 10.6 Å². The van der Waals surface area contributed by atoms with E-state index in [0.29, 0.717) is 18.7 Å². The fourth-order valence-corrected chi connectivity index (χ4v) is 3.69. The van der Waals surface area contributed by atoms with Crippen LogP contribution in [0.5, 0.6) is 5.75 Å². The summed E-state index contributed by atoms with van der Waals surface area (Å²) in [5.74, 6) is 0.0201. The predicted molar refractivity (Wildman–Crippen MR) is 97.6 cm³/mol. The van der Waals surface area contributed by atoms with E-state index in [1.807, 2.05) is 24.3 Å². The lowest BCUT2D eigenvalue weighted by molar-refractivity contribution is -0.141. The van der Waals surface area contributed by atoms with Gasteiger partial charge in [-0.05, 0) is 35.9 Å². The number of piperazine rings is 1. The Kier molecular flexibility index (Phi) is 5.78. The molecule has 0 bridgehead atoms. The molecule has 2 amide bonds. The number of amides is 2. The maximum absolute atomic E-state index is 13.6. The van der Waals surface area contributed by atoms with Crippen LogP contribution in [0.2, 0.25) is 0 Å². The smallest absolute Gasteiger partial charge is 0.247 e. The number of hydrogen-bond donors (Lipinski definition) is 1. The van der Waals surface area contributed by atoms with Crippen molar-refractivity contribution in [2.45, 2.75) is 10.9 Å². The molecule has 1 aliphatic rings. The van der Waals surface area contributed by atoms with Crippen LogP contribution in [-0.4, -0.2) is 42.7 Å². The third-order valence-corrected chi connectivity index (χ3v) is 5.08. The van der Waals surface area contributed by atoms with E-state index in [2.05, 4.69) is 5.32 Å². The van der Waals surface area contributed by atoms with Gasteiger partial charge in [0.2, 0.25) is 11.8 Å². The average Bonchev–Trinajstić information content (AvgIpc) is 2.66. The quantitative estimate of drug-likeness (QED) is 0.818. The lowest BCUT2D eigenvalue weighted by atomic mass is 10.0. The first kappa shape index (κ1) is 18.3. The van der Waals surface area contributed by atoms with Crippen molar-refractivity contribution in [1.82, 2.24) is 10.2 Å². The number of thioether (sulfide) groups is 1. The van der Waals surface area contributed by atoms with Crippen LogP contribution in [0.1, 0.15) is 11.6 Å². The van der Waals surface area contributed by atoms with E-state index in [-0.39, 0.29) is 17.6 Å². The minimum atomic E-state index is -0.808. The zero-order chi connectivity index (χ0) is 18.5. The molecule has 0 radical (unpaired) electrons. The maximum Gasteiger partial charge on any atom is 0.247 e. The topological polar surface area (TPSA) is 58.6 Å². The summed E-state index contributed by atoms with van der Waals surface area (Å²) >= 11 is 1.38. The minimum Gasteiger partial charge on any atom is -0.497 e. The summed E-state index contributed by atoms with van der Waals surface area (Å²) in [6.07, 6.45) is 0. The fourth-order valence-electron chi connectivity index (χ4n) is 2.86. The predicted octanol–water partition coefficient (Wildman–Crippen LogP) is 2.63. The molecule has 1 N–H and O–H groups in total. The van der Waals surface area contributed by atoms with Crippen LogP contribution < -0.4 is 10.1 Å². The molecule has 2 aromatic rings. The SMILES string of the molecule is COc1cccc(SCC(=O)N2CCNC(=O)C2c2cccc(F)c2)c1. The molecule has 2 aromatic carbocycles. The minimum absolute atomic E-state index is 0.165. The highest BCUT2D eigenvalue weighted by Gasteiger charge is 2.34. The van der Waals surface area contributed by atoms with Crippen molar-refractivity contribution in [1.29, 1.82) is 0 Å².